The van der Waals surface area contributed by atoms with Crippen molar-refractivity contribution in [2.24, 2.45) is 0 Å². The second-order valence-corrected chi connectivity index (χ2v) is 6.69. The maximum absolute atomic E-state index is 5.25. The molecule has 144 valence electrons. The van der Waals surface area contributed by atoms with Crippen LogP contribution in [0.25, 0.3) is 16.8 Å². The molecule has 0 radical (unpaired) electrons. The van der Waals surface area contributed by atoms with Crippen LogP contribution in [0, 0.1) is 6.92 Å². The van der Waals surface area contributed by atoms with Crippen molar-refractivity contribution >= 4 is 11.5 Å². The molecule has 3 aromatic rings. The number of imidazole rings is 1. The highest BCUT2D eigenvalue weighted by Gasteiger charge is 2.20. The molecule has 3 aromatic heterocycles. The maximum Gasteiger partial charge on any atom is 0.213 e. The number of rotatable bonds is 8. The van der Waals surface area contributed by atoms with Crippen LogP contribution in [0.3, 0.4) is 0 Å². The predicted molar refractivity (Wildman–Crippen MR) is 110 cm³/mol. The summed E-state index contributed by atoms with van der Waals surface area (Å²) >= 11 is 0. The summed E-state index contributed by atoms with van der Waals surface area (Å²) in [6.45, 7) is 10.6. The van der Waals surface area contributed by atoms with Gasteiger partial charge in [0.25, 0.3) is 0 Å². The Morgan fingerprint density at radius 2 is 1.74 bits per heavy atom. The van der Waals surface area contributed by atoms with Gasteiger partial charge in [-0.05, 0) is 38.3 Å². The van der Waals surface area contributed by atoms with E-state index in [9.17, 15) is 0 Å². The second-order valence-electron chi connectivity index (χ2n) is 6.69. The molecule has 0 amide bonds. The quantitative estimate of drug-likeness (QED) is 0.594. The molecule has 3 heterocycles. The smallest absolute Gasteiger partial charge is 0.213 e. The van der Waals surface area contributed by atoms with E-state index in [2.05, 4.69) is 35.8 Å². The van der Waals surface area contributed by atoms with Gasteiger partial charge in [0, 0.05) is 42.2 Å². The first-order chi connectivity index (χ1) is 13.1. The van der Waals surface area contributed by atoms with Gasteiger partial charge in [0.1, 0.15) is 0 Å². The van der Waals surface area contributed by atoms with Gasteiger partial charge in [-0.25, -0.2) is 9.97 Å². The van der Waals surface area contributed by atoms with E-state index < -0.39 is 0 Å². The molecule has 0 fully saturated rings. The predicted octanol–water partition coefficient (Wildman–Crippen LogP) is 4.30. The Kier molecular flexibility index (Phi) is 5.94. The van der Waals surface area contributed by atoms with Crippen molar-refractivity contribution in [3.8, 4) is 17.0 Å². The molecule has 6 heteroatoms. The van der Waals surface area contributed by atoms with Gasteiger partial charge >= 0.3 is 0 Å². The molecule has 0 atom stereocenters. The Balaban J connectivity index is 2.20. The van der Waals surface area contributed by atoms with Crippen LogP contribution in [0.15, 0.2) is 24.4 Å². The van der Waals surface area contributed by atoms with E-state index in [-0.39, 0.29) is 0 Å². The van der Waals surface area contributed by atoms with Gasteiger partial charge in [-0.3, -0.25) is 0 Å². The van der Waals surface area contributed by atoms with Crippen LogP contribution >= 0.6 is 0 Å². The molecule has 0 unspecified atom stereocenters. The largest absolute Gasteiger partial charge is 0.481 e. The fourth-order valence-corrected chi connectivity index (χ4v) is 3.54. The first kappa shape index (κ1) is 19.1. The fraction of sp³-hybridized carbons (Fsp3) is 0.476. The third-order valence-electron chi connectivity index (χ3n) is 4.75. The zero-order valence-electron chi connectivity index (χ0n) is 17.0. The number of hydrogen-bond acceptors (Lipinski definition) is 5. The number of nitrogens with zero attached hydrogens (tertiary/aromatic N) is 5. The van der Waals surface area contributed by atoms with Crippen LogP contribution in [0.5, 0.6) is 5.88 Å². The van der Waals surface area contributed by atoms with Crippen LogP contribution in [0.2, 0.25) is 0 Å². The number of anilines is 1. The minimum Gasteiger partial charge on any atom is -0.481 e. The van der Waals surface area contributed by atoms with Crippen molar-refractivity contribution in [1.82, 2.24) is 19.6 Å². The van der Waals surface area contributed by atoms with E-state index >= 15 is 0 Å². The van der Waals surface area contributed by atoms with E-state index in [1.54, 1.807) is 7.11 Å². The van der Waals surface area contributed by atoms with Crippen LogP contribution in [-0.4, -0.2) is 39.8 Å². The van der Waals surface area contributed by atoms with Gasteiger partial charge in [-0.1, -0.05) is 20.8 Å². The molecule has 0 aliphatic heterocycles. The van der Waals surface area contributed by atoms with Gasteiger partial charge in [-0.2, -0.15) is 9.61 Å². The highest BCUT2D eigenvalue weighted by molar-refractivity contribution is 5.80. The minimum absolute atomic E-state index is 0.622. The summed E-state index contributed by atoms with van der Waals surface area (Å²) in [6, 6.07) is 5.96. The molecule has 0 bridgehead atoms. The molecule has 0 aliphatic carbocycles. The Morgan fingerprint density at radius 1 is 1.00 bits per heavy atom. The van der Waals surface area contributed by atoms with E-state index in [4.69, 9.17) is 9.72 Å². The van der Waals surface area contributed by atoms with E-state index in [0.717, 1.165) is 66.3 Å². The lowest BCUT2D eigenvalue weighted by Gasteiger charge is -2.23. The molecule has 0 aliphatic rings. The summed E-state index contributed by atoms with van der Waals surface area (Å²) in [6.07, 6.45) is 4.92. The number of fused-ring (bicyclic) bond motifs is 1. The molecule has 6 nitrogen and oxygen atoms in total. The monoisotopic (exact) mass is 367 g/mol. The van der Waals surface area contributed by atoms with E-state index in [1.165, 1.54) is 0 Å². The normalized spacial score (nSPS) is 11.1. The van der Waals surface area contributed by atoms with Gasteiger partial charge in [0.05, 0.1) is 12.8 Å². The molecule has 0 saturated carbocycles. The first-order valence-electron chi connectivity index (χ1n) is 9.78. The lowest BCUT2D eigenvalue weighted by molar-refractivity contribution is 0.397. The average molecular weight is 367 g/mol. The third-order valence-corrected chi connectivity index (χ3v) is 4.75. The highest BCUT2D eigenvalue weighted by atomic mass is 16.5. The number of methoxy groups -OCH3 is 1. The summed E-state index contributed by atoms with van der Waals surface area (Å²) in [4.78, 5) is 11.9. The molecule has 0 spiro atoms. The highest BCUT2D eigenvalue weighted by Crippen LogP contribution is 2.31. The van der Waals surface area contributed by atoms with Gasteiger partial charge in [-0.15, -0.1) is 0 Å². The summed E-state index contributed by atoms with van der Waals surface area (Å²) in [5, 5.41) is 4.65. The third kappa shape index (κ3) is 3.61. The molecule has 3 rings (SSSR count). The van der Waals surface area contributed by atoms with Crippen molar-refractivity contribution in [3.63, 3.8) is 0 Å². The number of ether oxygens (including phenoxy) is 1. The number of aromatic nitrogens is 4. The summed E-state index contributed by atoms with van der Waals surface area (Å²) in [7, 11) is 1.64. The SMILES string of the molecule is CCCN(CCC)c1c(CC)nc2c(-c3ccc(OC)nc3C)ccnn12. The minimum atomic E-state index is 0.622. The van der Waals surface area contributed by atoms with Crippen molar-refractivity contribution in [1.29, 1.82) is 0 Å². The maximum atomic E-state index is 5.25. The lowest BCUT2D eigenvalue weighted by Crippen LogP contribution is -2.27. The van der Waals surface area contributed by atoms with Crippen LogP contribution in [0.4, 0.5) is 5.82 Å². The second kappa shape index (κ2) is 8.37. The fourth-order valence-electron chi connectivity index (χ4n) is 3.54. The topological polar surface area (TPSA) is 55.5 Å². The Bertz CT molecular complexity index is 912. The number of hydrogen-bond donors (Lipinski definition) is 0. The zero-order chi connectivity index (χ0) is 19.4. The average Bonchev–Trinajstić information content (AvgIpc) is 3.06. The lowest BCUT2D eigenvalue weighted by atomic mass is 10.1. The van der Waals surface area contributed by atoms with Crippen molar-refractivity contribution < 1.29 is 4.74 Å². The summed E-state index contributed by atoms with van der Waals surface area (Å²) in [5.74, 6) is 1.74. The Hall–Kier alpha value is -2.63. The van der Waals surface area contributed by atoms with Crippen LogP contribution < -0.4 is 9.64 Å². The molecular formula is C21H29N5O. The standard InChI is InChI=1S/C21H29N5O/c1-6-13-25(14-7-2)21-18(8-3)24-20-17(11-12-22-26(20)21)16-9-10-19(27-5)23-15(16)4/h9-12H,6-8,13-14H2,1-5H3. The first-order valence-corrected chi connectivity index (χ1v) is 9.78. The van der Waals surface area contributed by atoms with Crippen LogP contribution in [-0.2, 0) is 6.42 Å². The molecule has 0 aromatic carbocycles. The van der Waals surface area contributed by atoms with Crippen molar-refractivity contribution in [2.75, 3.05) is 25.1 Å². The molecule has 0 saturated heterocycles. The molecular weight excluding hydrogens is 338 g/mol. The van der Waals surface area contributed by atoms with Crippen molar-refractivity contribution in [2.45, 2.75) is 47.0 Å². The summed E-state index contributed by atoms with van der Waals surface area (Å²) < 4.78 is 7.25. The zero-order valence-corrected chi connectivity index (χ0v) is 17.0. The van der Waals surface area contributed by atoms with Crippen molar-refractivity contribution in [3.05, 3.63) is 35.8 Å². The molecule has 0 N–H and O–H groups in total. The van der Waals surface area contributed by atoms with Gasteiger partial charge < -0.3 is 9.64 Å². The van der Waals surface area contributed by atoms with E-state index in [1.807, 2.05) is 35.8 Å². The molecule has 27 heavy (non-hydrogen) atoms. The van der Waals surface area contributed by atoms with E-state index in [0.29, 0.717) is 5.88 Å². The van der Waals surface area contributed by atoms with Gasteiger partial charge in [0.2, 0.25) is 5.88 Å². The Labute approximate surface area is 161 Å². The number of aryl methyl sites for hydroxylation is 2. The van der Waals surface area contributed by atoms with Crippen LogP contribution in [0.1, 0.15) is 45.0 Å². The number of pyridine rings is 1. The Morgan fingerprint density at radius 3 is 2.33 bits per heavy atom. The summed E-state index contributed by atoms with van der Waals surface area (Å²) in [5.41, 5.74) is 5.00. The van der Waals surface area contributed by atoms with Gasteiger partial charge in [0.15, 0.2) is 11.5 Å².